The van der Waals surface area contributed by atoms with Gasteiger partial charge in [-0.15, -0.1) is 0 Å². The van der Waals surface area contributed by atoms with Gasteiger partial charge in [0.2, 0.25) is 0 Å². The molecule has 261 valence electrons. The van der Waals surface area contributed by atoms with Crippen molar-refractivity contribution in [3.63, 3.8) is 0 Å². The third-order valence-corrected chi connectivity index (χ3v) is 8.27. The Kier molecular flexibility index (Phi) is 26.3. The van der Waals surface area contributed by atoms with Crippen molar-refractivity contribution in [1.29, 1.82) is 0 Å². The molecule has 1 N–H and O–H groups in total. The molecule has 0 aliphatic rings. The number of rotatable bonds is 12. The van der Waals surface area contributed by atoms with Gasteiger partial charge in [-0.25, -0.2) is 0 Å². The number of aromatic hydroxyl groups is 1. The molecule has 1 radical (unpaired) electrons. The summed E-state index contributed by atoms with van der Waals surface area (Å²) in [6.45, 7) is 32.5. The number of nitrogens with zero attached hydrogens (tertiary/aromatic N) is 2. The van der Waals surface area contributed by atoms with E-state index in [1.54, 1.807) is 0 Å². The Balaban J connectivity index is -0.000000593. The van der Waals surface area contributed by atoms with Crippen LogP contribution in [0.5, 0.6) is 5.75 Å². The zero-order chi connectivity index (χ0) is 34.0. The average molecular weight is 735 g/mol. The molecule has 0 spiro atoms. The number of thiocarbonyl (C=S) groups is 2. The Labute approximate surface area is 306 Å². The van der Waals surface area contributed by atoms with Gasteiger partial charge in [0.25, 0.3) is 0 Å². The first kappa shape index (κ1) is 48.2. The van der Waals surface area contributed by atoms with Crippen LogP contribution in [0.15, 0.2) is 12.1 Å². The Bertz CT molecular complexity index is 853. The van der Waals surface area contributed by atoms with Crippen LogP contribution >= 0.6 is 24.4 Å². The summed E-state index contributed by atoms with van der Waals surface area (Å²) < 4.78 is 1.27. The van der Waals surface area contributed by atoms with Crippen molar-refractivity contribution in [3.8, 4) is 5.75 Å². The molecular formula is C36H66CuN2OS4. The molecule has 1 aromatic carbocycles. The summed E-state index contributed by atoms with van der Waals surface area (Å²) in [6.07, 6.45) is 9.62. The Hall–Kier alpha value is -0.241. The molecule has 0 aliphatic heterocycles. The molecule has 1 aromatic rings. The molecule has 0 amide bonds. The van der Waals surface area contributed by atoms with E-state index in [4.69, 9.17) is 49.7 Å². The zero-order valence-corrected chi connectivity index (χ0v) is 34.6. The summed E-state index contributed by atoms with van der Waals surface area (Å²) in [5.74, 6) is 0.466. The normalized spacial score (nSPS) is 11.3. The van der Waals surface area contributed by atoms with Crippen molar-refractivity contribution in [2.75, 3.05) is 26.2 Å². The van der Waals surface area contributed by atoms with Gasteiger partial charge in [-0.05, 0) is 58.6 Å². The Morgan fingerprint density at radius 3 is 1.00 bits per heavy atom. The van der Waals surface area contributed by atoms with Crippen molar-refractivity contribution < 1.29 is 22.2 Å². The third kappa shape index (κ3) is 20.8. The van der Waals surface area contributed by atoms with Crippen molar-refractivity contribution in [2.45, 2.75) is 158 Å². The second-order valence-corrected chi connectivity index (χ2v) is 16.7. The van der Waals surface area contributed by atoms with Crippen molar-refractivity contribution in [2.24, 2.45) is 0 Å². The Morgan fingerprint density at radius 2 is 0.841 bits per heavy atom. The number of hydrogen-bond donors (Lipinski definition) is 1. The first-order valence-corrected chi connectivity index (χ1v) is 18.1. The second kappa shape index (κ2) is 24.0. The van der Waals surface area contributed by atoms with Crippen molar-refractivity contribution >= 4 is 58.3 Å². The predicted molar refractivity (Wildman–Crippen MR) is 207 cm³/mol. The second-order valence-electron chi connectivity index (χ2n) is 14.6. The number of benzene rings is 1. The molecule has 0 saturated carbocycles. The standard InChI is InChI=1S/C18H30O.2C9H19NS2.Cu/c1-16(2,3)12-10-13(17(4,5)6)15(19)14(11-12)18(7,8)9;2*1-3-5-7-10(9(11)12)8-6-4-2;/h10-11,19H,1-9H3;2*3-8H2,1-2H3,(H,11,12);/q;;;+2/p-2. The SMILES string of the molecule is CC(C)(C)c1cc(C(C)(C)C)c(O)c(C(C)(C)C)c1.CCCCN(CCCC)C(=S)[S-].CCCCN(CCCC)C(=S)[S-].[Cu+2]. The van der Waals surface area contributed by atoms with Gasteiger partial charge in [-0.1, -0.05) is 136 Å². The van der Waals surface area contributed by atoms with E-state index in [1.165, 1.54) is 56.9 Å². The van der Waals surface area contributed by atoms with E-state index in [-0.39, 0.29) is 33.3 Å². The van der Waals surface area contributed by atoms with Gasteiger partial charge in [-0.3, -0.25) is 0 Å². The van der Waals surface area contributed by atoms with E-state index in [9.17, 15) is 5.11 Å². The maximum Gasteiger partial charge on any atom is 2.00 e. The molecule has 0 aliphatic carbocycles. The summed E-state index contributed by atoms with van der Waals surface area (Å²) in [7, 11) is 0. The van der Waals surface area contributed by atoms with Crippen LogP contribution in [0.1, 0.15) is 158 Å². The molecule has 0 aromatic heterocycles. The number of unbranched alkanes of at least 4 members (excludes halogenated alkanes) is 4. The molecule has 0 bridgehead atoms. The number of hydrogen-bond acceptors (Lipinski definition) is 5. The summed E-state index contributed by atoms with van der Waals surface area (Å²) in [5, 5.41) is 10.7. The van der Waals surface area contributed by atoms with Gasteiger partial charge in [0.15, 0.2) is 0 Å². The van der Waals surface area contributed by atoms with Crippen LogP contribution in [0.2, 0.25) is 0 Å². The van der Waals surface area contributed by atoms with Gasteiger partial charge >= 0.3 is 17.1 Å². The minimum absolute atomic E-state index is 0. The van der Waals surface area contributed by atoms with Crippen LogP contribution in [0.4, 0.5) is 0 Å². The van der Waals surface area contributed by atoms with E-state index >= 15 is 0 Å². The average Bonchev–Trinajstić information content (AvgIpc) is 2.87. The van der Waals surface area contributed by atoms with Gasteiger partial charge in [-0.2, -0.15) is 0 Å². The van der Waals surface area contributed by atoms with Crippen LogP contribution in [-0.2, 0) is 58.6 Å². The van der Waals surface area contributed by atoms with Crippen LogP contribution in [0, 0.1) is 0 Å². The minimum Gasteiger partial charge on any atom is -0.507 e. The third-order valence-electron chi connectivity index (χ3n) is 7.23. The van der Waals surface area contributed by atoms with Crippen molar-refractivity contribution in [1.82, 2.24) is 9.80 Å². The molecule has 0 unspecified atom stereocenters. The fourth-order valence-electron chi connectivity index (χ4n) is 4.20. The fraction of sp³-hybridized carbons (Fsp3) is 0.778. The maximum absolute atomic E-state index is 10.7. The Morgan fingerprint density at radius 1 is 0.591 bits per heavy atom. The molecule has 8 heteroatoms. The van der Waals surface area contributed by atoms with E-state index in [1.807, 2.05) is 0 Å². The van der Waals surface area contributed by atoms with Crippen LogP contribution in [0.3, 0.4) is 0 Å². The molecular weight excluding hydrogens is 668 g/mol. The van der Waals surface area contributed by atoms with E-state index in [0.29, 0.717) is 14.4 Å². The first-order chi connectivity index (χ1) is 19.7. The number of phenols is 1. The summed E-state index contributed by atoms with van der Waals surface area (Å²) in [6, 6.07) is 4.34. The largest absolute Gasteiger partial charge is 2.00 e. The molecule has 0 atom stereocenters. The van der Waals surface area contributed by atoms with Crippen LogP contribution in [0.25, 0.3) is 0 Å². The number of phenolic OH excluding ortho intramolecular Hbond substituents is 1. The van der Waals surface area contributed by atoms with Gasteiger partial charge in [0, 0.05) is 26.2 Å². The predicted octanol–water partition coefficient (Wildman–Crippen LogP) is 10.7. The summed E-state index contributed by atoms with van der Waals surface area (Å²) in [4.78, 5) is 4.27. The molecule has 0 saturated heterocycles. The minimum atomic E-state index is -0.0503. The molecule has 3 nitrogen and oxygen atoms in total. The van der Waals surface area contributed by atoms with Crippen molar-refractivity contribution in [3.05, 3.63) is 28.8 Å². The van der Waals surface area contributed by atoms with E-state index in [2.05, 4.69) is 112 Å². The fourth-order valence-corrected chi connectivity index (χ4v) is 4.93. The first-order valence-electron chi connectivity index (χ1n) is 16.5. The zero-order valence-electron chi connectivity index (χ0n) is 30.4. The van der Waals surface area contributed by atoms with E-state index in [0.717, 1.165) is 37.3 Å². The molecule has 0 heterocycles. The smallest absolute Gasteiger partial charge is 0.507 e. The molecule has 0 fully saturated rings. The maximum atomic E-state index is 10.7. The monoisotopic (exact) mass is 733 g/mol. The molecule has 44 heavy (non-hydrogen) atoms. The van der Waals surface area contributed by atoms with E-state index < -0.39 is 0 Å². The van der Waals surface area contributed by atoms with Gasteiger partial charge < -0.3 is 64.6 Å². The van der Waals surface area contributed by atoms with Crippen LogP contribution in [-0.4, -0.2) is 49.7 Å². The van der Waals surface area contributed by atoms with Gasteiger partial charge in [0.1, 0.15) is 5.75 Å². The summed E-state index contributed by atoms with van der Waals surface area (Å²) >= 11 is 19.9. The van der Waals surface area contributed by atoms with Crippen LogP contribution < -0.4 is 0 Å². The quantitative estimate of drug-likeness (QED) is 0.130. The van der Waals surface area contributed by atoms with Gasteiger partial charge in [0.05, 0.1) is 0 Å². The topological polar surface area (TPSA) is 26.7 Å². The molecule has 1 rings (SSSR count). The summed E-state index contributed by atoms with van der Waals surface area (Å²) in [5.41, 5.74) is 3.37.